The maximum atomic E-state index is 12.1. The van der Waals surface area contributed by atoms with Gasteiger partial charge in [0.25, 0.3) is 0 Å². The Labute approximate surface area is 186 Å². The number of esters is 1. The van der Waals surface area contributed by atoms with Crippen LogP contribution in [0, 0.1) is 22.7 Å². The molecule has 0 aliphatic rings. The molecule has 0 N–H and O–H groups in total. The molecule has 0 aromatic heterocycles. The number of hydrogen-bond donors (Lipinski definition) is 0. The van der Waals surface area contributed by atoms with Crippen LogP contribution in [0.15, 0.2) is 72.8 Å². The second-order valence-electron chi connectivity index (χ2n) is 6.65. The molecule has 0 bridgehead atoms. The van der Waals surface area contributed by atoms with E-state index < -0.39 is 5.97 Å². The first-order valence-corrected chi connectivity index (χ1v) is 9.75. The van der Waals surface area contributed by atoms with Crippen LogP contribution in [0.5, 0.6) is 11.5 Å². The van der Waals surface area contributed by atoms with E-state index in [2.05, 4.69) is 6.07 Å². The molecule has 0 spiro atoms. The Hall–Kier alpha value is -4.55. The molecule has 0 saturated carbocycles. The predicted octanol–water partition coefficient (Wildman–Crippen LogP) is 4.89. The number of benzene rings is 3. The predicted molar refractivity (Wildman–Crippen MR) is 120 cm³/mol. The van der Waals surface area contributed by atoms with Gasteiger partial charge in [0, 0.05) is 6.08 Å². The molecule has 6 heteroatoms. The summed E-state index contributed by atoms with van der Waals surface area (Å²) in [5.74, 6) is 0.441. The zero-order chi connectivity index (χ0) is 22.8. The Morgan fingerprint density at radius 2 is 1.78 bits per heavy atom. The third-order valence-corrected chi connectivity index (χ3v) is 4.59. The second kappa shape index (κ2) is 11.0. The molecule has 158 valence electrons. The third kappa shape index (κ3) is 5.75. The van der Waals surface area contributed by atoms with Crippen molar-refractivity contribution in [2.75, 3.05) is 13.7 Å². The van der Waals surface area contributed by atoms with Crippen LogP contribution in [0.3, 0.4) is 0 Å². The van der Waals surface area contributed by atoms with Crippen LogP contribution in [-0.2, 0) is 16.1 Å². The highest BCUT2D eigenvalue weighted by molar-refractivity contribution is 5.87. The molecule has 0 saturated heterocycles. The van der Waals surface area contributed by atoms with E-state index in [0.29, 0.717) is 17.1 Å². The highest BCUT2D eigenvalue weighted by Crippen LogP contribution is 2.28. The lowest BCUT2D eigenvalue weighted by molar-refractivity contribution is -0.138. The van der Waals surface area contributed by atoms with Crippen LogP contribution in [0.4, 0.5) is 0 Å². The SMILES string of the molecule is COc1cc(/C=C/C(=O)OCc2ccc(-c3ccccc3C#N)cc2)ccc1OCC#N. The van der Waals surface area contributed by atoms with Crippen LogP contribution >= 0.6 is 0 Å². The van der Waals surface area contributed by atoms with Crippen LogP contribution in [0.1, 0.15) is 16.7 Å². The fourth-order valence-electron chi connectivity index (χ4n) is 3.00. The van der Waals surface area contributed by atoms with Gasteiger partial charge in [-0.3, -0.25) is 0 Å². The van der Waals surface area contributed by atoms with E-state index in [1.165, 1.54) is 13.2 Å². The molecule has 3 aromatic carbocycles. The minimum absolute atomic E-state index is 0.0797. The molecule has 0 amide bonds. The molecule has 0 unspecified atom stereocenters. The number of ether oxygens (including phenoxy) is 3. The van der Waals surface area contributed by atoms with E-state index >= 15 is 0 Å². The summed E-state index contributed by atoms with van der Waals surface area (Å²) in [6, 6.07) is 24.1. The van der Waals surface area contributed by atoms with Crippen molar-refractivity contribution in [2.24, 2.45) is 0 Å². The van der Waals surface area contributed by atoms with Crippen molar-refractivity contribution in [2.45, 2.75) is 6.61 Å². The minimum atomic E-state index is -0.479. The van der Waals surface area contributed by atoms with E-state index in [1.807, 2.05) is 48.5 Å². The Morgan fingerprint density at radius 3 is 2.50 bits per heavy atom. The summed E-state index contributed by atoms with van der Waals surface area (Å²) in [6.07, 6.45) is 2.95. The number of nitrogens with zero attached hydrogens (tertiary/aromatic N) is 2. The Bertz CT molecular complexity index is 1200. The van der Waals surface area contributed by atoms with E-state index in [0.717, 1.165) is 22.3 Å². The van der Waals surface area contributed by atoms with Gasteiger partial charge in [-0.05, 0) is 46.5 Å². The van der Waals surface area contributed by atoms with Crippen molar-refractivity contribution in [3.8, 4) is 34.8 Å². The lowest BCUT2D eigenvalue weighted by Gasteiger charge is -2.09. The minimum Gasteiger partial charge on any atom is -0.493 e. The standard InChI is InChI=1S/C26H20N2O4/c1-30-25-16-19(8-12-24(25)31-15-14-27)9-13-26(29)32-18-20-6-10-21(11-7-20)23-5-3-2-4-22(23)17-28/h2-13,16H,15,18H2,1H3/b13-9+. The molecule has 0 heterocycles. The van der Waals surface area contributed by atoms with Gasteiger partial charge in [-0.1, -0.05) is 48.5 Å². The molecule has 0 aliphatic heterocycles. The molecule has 0 fully saturated rings. The van der Waals surface area contributed by atoms with Gasteiger partial charge in [-0.2, -0.15) is 10.5 Å². The largest absolute Gasteiger partial charge is 0.493 e. The van der Waals surface area contributed by atoms with E-state index in [1.54, 1.807) is 30.3 Å². The van der Waals surface area contributed by atoms with Crippen molar-refractivity contribution in [3.63, 3.8) is 0 Å². The first-order valence-electron chi connectivity index (χ1n) is 9.75. The monoisotopic (exact) mass is 424 g/mol. The molecule has 3 rings (SSSR count). The maximum Gasteiger partial charge on any atom is 0.331 e. The zero-order valence-electron chi connectivity index (χ0n) is 17.4. The molecule has 32 heavy (non-hydrogen) atoms. The maximum absolute atomic E-state index is 12.1. The number of carbonyl (C=O) groups excluding carboxylic acids is 1. The molecule has 0 aliphatic carbocycles. The van der Waals surface area contributed by atoms with E-state index in [-0.39, 0.29) is 13.2 Å². The summed E-state index contributed by atoms with van der Waals surface area (Å²) in [6.45, 7) is 0.0529. The van der Waals surface area contributed by atoms with E-state index in [9.17, 15) is 10.1 Å². The first kappa shape index (κ1) is 22.1. The van der Waals surface area contributed by atoms with Crippen molar-refractivity contribution >= 4 is 12.0 Å². The zero-order valence-corrected chi connectivity index (χ0v) is 17.4. The molecule has 6 nitrogen and oxygen atoms in total. The quantitative estimate of drug-likeness (QED) is 0.377. The second-order valence-corrected chi connectivity index (χ2v) is 6.65. The average Bonchev–Trinajstić information content (AvgIpc) is 2.85. The van der Waals surface area contributed by atoms with Gasteiger partial charge >= 0.3 is 5.97 Å². The van der Waals surface area contributed by atoms with Gasteiger partial charge in [0.15, 0.2) is 18.1 Å². The van der Waals surface area contributed by atoms with Crippen LogP contribution < -0.4 is 9.47 Å². The Balaban J connectivity index is 1.58. The number of methoxy groups -OCH3 is 1. The normalized spacial score (nSPS) is 10.2. The Kier molecular flexibility index (Phi) is 7.62. The van der Waals surface area contributed by atoms with Gasteiger partial charge < -0.3 is 14.2 Å². The van der Waals surface area contributed by atoms with Crippen molar-refractivity contribution in [1.82, 2.24) is 0 Å². The average molecular weight is 424 g/mol. The molecule has 3 aromatic rings. The van der Waals surface area contributed by atoms with Crippen LogP contribution in [-0.4, -0.2) is 19.7 Å². The first-order chi connectivity index (χ1) is 15.6. The Morgan fingerprint density at radius 1 is 1.00 bits per heavy atom. The molecular formula is C26H20N2O4. The topological polar surface area (TPSA) is 92.3 Å². The lowest BCUT2D eigenvalue weighted by Crippen LogP contribution is -2.01. The summed E-state index contributed by atoms with van der Waals surface area (Å²) in [5, 5.41) is 17.9. The lowest BCUT2D eigenvalue weighted by atomic mass is 9.99. The molecule has 0 atom stereocenters. The molecular weight excluding hydrogens is 404 g/mol. The van der Waals surface area contributed by atoms with Crippen LogP contribution in [0.25, 0.3) is 17.2 Å². The highest BCUT2D eigenvalue weighted by Gasteiger charge is 2.06. The summed E-state index contributed by atoms with van der Waals surface area (Å²) in [4.78, 5) is 12.1. The van der Waals surface area contributed by atoms with Crippen molar-refractivity contribution in [3.05, 3.63) is 89.5 Å². The van der Waals surface area contributed by atoms with E-state index in [4.69, 9.17) is 19.5 Å². The fourth-order valence-corrected chi connectivity index (χ4v) is 3.00. The van der Waals surface area contributed by atoms with Gasteiger partial charge in [0.1, 0.15) is 12.7 Å². The summed E-state index contributed by atoms with van der Waals surface area (Å²) < 4.78 is 15.8. The highest BCUT2D eigenvalue weighted by atomic mass is 16.5. The smallest absolute Gasteiger partial charge is 0.331 e. The summed E-state index contributed by atoms with van der Waals surface area (Å²) in [5.41, 5.74) is 3.96. The van der Waals surface area contributed by atoms with Gasteiger partial charge in [-0.15, -0.1) is 0 Å². The number of rotatable bonds is 8. The summed E-state index contributed by atoms with van der Waals surface area (Å²) in [7, 11) is 1.50. The van der Waals surface area contributed by atoms with Crippen molar-refractivity contribution in [1.29, 1.82) is 10.5 Å². The summed E-state index contributed by atoms with van der Waals surface area (Å²) >= 11 is 0. The number of hydrogen-bond acceptors (Lipinski definition) is 6. The molecule has 0 radical (unpaired) electrons. The third-order valence-electron chi connectivity index (χ3n) is 4.59. The van der Waals surface area contributed by atoms with Gasteiger partial charge in [-0.25, -0.2) is 4.79 Å². The van der Waals surface area contributed by atoms with Gasteiger partial charge in [0.2, 0.25) is 0 Å². The van der Waals surface area contributed by atoms with Crippen LogP contribution in [0.2, 0.25) is 0 Å². The van der Waals surface area contributed by atoms with Gasteiger partial charge in [0.05, 0.1) is 18.7 Å². The fraction of sp³-hybridized carbons (Fsp3) is 0.115. The number of carbonyl (C=O) groups is 1. The number of nitriles is 2. The van der Waals surface area contributed by atoms with Crippen molar-refractivity contribution < 1.29 is 19.0 Å².